The van der Waals surface area contributed by atoms with Gasteiger partial charge in [-0.2, -0.15) is 0 Å². The molecule has 0 radical (unpaired) electrons. The summed E-state index contributed by atoms with van der Waals surface area (Å²) in [6, 6.07) is 4.48. The fourth-order valence-corrected chi connectivity index (χ4v) is 6.74. The Morgan fingerprint density at radius 3 is 2.24 bits per heavy atom. The monoisotopic (exact) mass is 636 g/mol. The number of nitro benzene ring substituents is 1. The van der Waals surface area contributed by atoms with Crippen LogP contribution in [-0.4, -0.2) is 93.6 Å². The van der Waals surface area contributed by atoms with Crippen LogP contribution in [0.2, 0.25) is 0 Å². The number of ketones is 2. The number of carbonyl (C=O) groups excluding carboxylic acids is 4. The van der Waals surface area contributed by atoms with E-state index in [-0.39, 0.29) is 41.0 Å². The number of Topliss-reactive ketones (excluding diaryl/α,β-unsaturated/α-hetero) is 2. The van der Waals surface area contributed by atoms with Crippen LogP contribution in [0.25, 0.3) is 0 Å². The van der Waals surface area contributed by atoms with Crippen LogP contribution in [0.15, 0.2) is 53.0 Å². The number of aliphatic hydroxyl groups excluding tert-OH is 2. The molecular formula is C30H32N6O10. The maximum absolute atomic E-state index is 14.1. The molecule has 16 nitrogen and oxygen atoms in total. The summed E-state index contributed by atoms with van der Waals surface area (Å²) in [5.74, 6) is -7.83. The number of hydrogen-bond donors (Lipinski definition) is 7. The first-order valence-corrected chi connectivity index (χ1v) is 14.0. The summed E-state index contributed by atoms with van der Waals surface area (Å²) >= 11 is 0. The highest BCUT2D eigenvalue weighted by Gasteiger charge is 2.63. The van der Waals surface area contributed by atoms with Gasteiger partial charge in [0.25, 0.3) is 11.6 Å². The number of anilines is 3. The number of nitrogens with two attached hydrogens (primary N) is 1. The van der Waals surface area contributed by atoms with Crippen LogP contribution in [0.4, 0.5) is 27.5 Å². The number of allylic oxidation sites excluding steroid dienone is 1. The van der Waals surface area contributed by atoms with E-state index in [1.807, 2.05) is 0 Å². The number of phenolic OH excluding ortho intramolecular Hbond substituents is 1. The van der Waals surface area contributed by atoms with E-state index in [2.05, 4.69) is 10.6 Å². The molecule has 8 N–H and O–H groups in total. The highest BCUT2D eigenvalue weighted by molar-refractivity contribution is 6.25. The normalized spacial score (nSPS) is 23.8. The first-order valence-electron chi connectivity index (χ1n) is 14.0. The number of primary amides is 1. The Bertz CT molecular complexity index is 1780. The third kappa shape index (κ3) is 4.78. The first-order chi connectivity index (χ1) is 21.5. The van der Waals surface area contributed by atoms with Crippen LogP contribution in [-0.2, 0) is 16.0 Å². The zero-order valence-electron chi connectivity index (χ0n) is 25.2. The van der Waals surface area contributed by atoms with Crippen molar-refractivity contribution in [3.05, 3.63) is 74.2 Å². The molecule has 3 aliphatic carbocycles. The van der Waals surface area contributed by atoms with Gasteiger partial charge in [0.15, 0.2) is 17.1 Å². The number of urea groups is 1. The average molecular weight is 637 g/mol. The fourth-order valence-electron chi connectivity index (χ4n) is 6.74. The van der Waals surface area contributed by atoms with E-state index >= 15 is 0 Å². The third-order valence-corrected chi connectivity index (χ3v) is 8.77. The van der Waals surface area contributed by atoms with Crippen LogP contribution in [0.1, 0.15) is 22.3 Å². The van der Waals surface area contributed by atoms with Gasteiger partial charge in [0.2, 0.25) is 5.78 Å². The highest BCUT2D eigenvalue weighted by atomic mass is 16.6. The van der Waals surface area contributed by atoms with Crippen molar-refractivity contribution in [1.29, 1.82) is 0 Å². The number of nitrogens with one attached hydrogen (secondary N) is 2. The first kappa shape index (κ1) is 31.9. The van der Waals surface area contributed by atoms with Gasteiger partial charge in [-0.1, -0.05) is 0 Å². The van der Waals surface area contributed by atoms with Crippen LogP contribution in [0.5, 0.6) is 5.75 Å². The Balaban J connectivity index is 1.58. The Morgan fingerprint density at radius 1 is 1.07 bits per heavy atom. The molecule has 3 amide bonds. The molecule has 5 rings (SSSR count). The summed E-state index contributed by atoms with van der Waals surface area (Å²) in [6.07, 6.45) is -0.0120. The van der Waals surface area contributed by atoms with Crippen LogP contribution >= 0.6 is 0 Å². The summed E-state index contributed by atoms with van der Waals surface area (Å²) < 4.78 is 0. The Labute approximate surface area is 261 Å². The number of amides is 3. The topological polar surface area (TPSA) is 249 Å². The molecule has 0 saturated heterocycles. The molecule has 0 spiro atoms. The zero-order chi connectivity index (χ0) is 34.0. The molecule has 0 saturated carbocycles. The molecule has 2 aromatic rings. The second-order valence-corrected chi connectivity index (χ2v) is 11.9. The Morgan fingerprint density at radius 2 is 1.70 bits per heavy atom. The number of hydrogen-bond acceptors (Lipinski definition) is 12. The minimum absolute atomic E-state index is 0.0604. The Kier molecular flexibility index (Phi) is 7.74. The van der Waals surface area contributed by atoms with Crippen molar-refractivity contribution < 1.29 is 44.5 Å². The number of likely N-dealkylation sites (N-methyl/N-ethyl adjacent to an activating group) is 1. The lowest BCUT2D eigenvalue weighted by atomic mass is 9.58. The maximum Gasteiger partial charge on any atom is 0.323 e. The number of nitrogens with zero attached hydrogens (tertiary/aromatic N) is 3. The lowest BCUT2D eigenvalue weighted by Crippen LogP contribution is -2.63. The van der Waals surface area contributed by atoms with E-state index in [1.165, 1.54) is 35.2 Å². The lowest BCUT2D eigenvalue weighted by Gasteiger charge is -2.50. The predicted molar refractivity (Wildman–Crippen MR) is 164 cm³/mol. The number of phenols is 1. The summed E-state index contributed by atoms with van der Waals surface area (Å²) in [6.45, 7) is 0. The van der Waals surface area contributed by atoms with E-state index < -0.39 is 74.7 Å². The second-order valence-electron chi connectivity index (χ2n) is 11.9. The van der Waals surface area contributed by atoms with Crippen molar-refractivity contribution in [2.75, 3.05) is 43.7 Å². The highest BCUT2D eigenvalue weighted by Crippen LogP contribution is 2.54. The molecule has 0 aliphatic heterocycles. The van der Waals surface area contributed by atoms with Crippen molar-refractivity contribution in [1.82, 2.24) is 4.90 Å². The van der Waals surface area contributed by atoms with Gasteiger partial charge in [-0.05, 0) is 56.6 Å². The number of aromatic hydroxyl groups is 1. The van der Waals surface area contributed by atoms with Gasteiger partial charge in [-0.25, -0.2) is 4.79 Å². The molecule has 242 valence electrons. The molecule has 46 heavy (non-hydrogen) atoms. The van der Waals surface area contributed by atoms with Crippen LogP contribution < -0.4 is 21.3 Å². The van der Waals surface area contributed by atoms with Crippen LogP contribution in [0, 0.1) is 22.0 Å². The quantitative estimate of drug-likeness (QED) is 0.104. The number of benzene rings is 2. The molecule has 0 aromatic heterocycles. The molecule has 0 heterocycles. The summed E-state index contributed by atoms with van der Waals surface area (Å²) in [7, 11) is 6.44. The molecule has 0 unspecified atom stereocenters. The lowest BCUT2D eigenvalue weighted by molar-refractivity contribution is -0.384. The van der Waals surface area contributed by atoms with E-state index in [0.717, 1.165) is 0 Å². The number of non-ortho nitro benzene ring substituents is 1. The van der Waals surface area contributed by atoms with Crippen molar-refractivity contribution >= 4 is 46.3 Å². The third-order valence-electron chi connectivity index (χ3n) is 8.77. The van der Waals surface area contributed by atoms with Gasteiger partial charge in [0, 0.05) is 49.1 Å². The summed E-state index contributed by atoms with van der Waals surface area (Å²) in [5.41, 5.74) is 1.70. The number of rotatable bonds is 6. The van der Waals surface area contributed by atoms with Crippen molar-refractivity contribution in [2.45, 2.75) is 24.5 Å². The number of carbonyl (C=O) groups is 4. The average Bonchev–Trinajstić information content (AvgIpc) is 2.96. The van der Waals surface area contributed by atoms with Crippen molar-refractivity contribution in [2.24, 2.45) is 17.6 Å². The van der Waals surface area contributed by atoms with E-state index in [0.29, 0.717) is 11.3 Å². The van der Waals surface area contributed by atoms with Crippen molar-refractivity contribution in [3.63, 3.8) is 0 Å². The maximum atomic E-state index is 14.1. The summed E-state index contributed by atoms with van der Waals surface area (Å²) in [5, 5.41) is 61.4. The molecule has 16 heteroatoms. The molecular weight excluding hydrogens is 604 g/mol. The van der Waals surface area contributed by atoms with Gasteiger partial charge < -0.3 is 41.7 Å². The molecule has 3 aliphatic rings. The zero-order valence-corrected chi connectivity index (χ0v) is 25.2. The van der Waals surface area contributed by atoms with E-state index in [9.17, 15) is 49.7 Å². The smallest absolute Gasteiger partial charge is 0.323 e. The predicted octanol–water partition coefficient (Wildman–Crippen LogP) is 1.74. The minimum Gasteiger partial charge on any atom is -0.510 e. The molecule has 2 aromatic carbocycles. The van der Waals surface area contributed by atoms with E-state index in [1.54, 1.807) is 33.1 Å². The molecule has 0 fully saturated rings. The largest absolute Gasteiger partial charge is 0.510 e. The van der Waals surface area contributed by atoms with Gasteiger partial charge in [-0.3, -0.25) is 29.4 Å². The SMILES string of the molecule is CN(C)c1cc(NC(=O)Nc2ccc([N+](=O)[O-])cc2)c(O)c2c1C[C@H]1C[C@H]3[C@H](N(C)C)C(O)=C(C(N)=O)C(=O)[C@@]3(O)C(O)=C1C2=O. The molecule has 4 atom stereocenters. The second kappa shape index (κ2) is 11.1. The van der Waals surface area contributed by atoms with Gasteiger partial charge in [-0.15, -0.1) is 0 Å². The van der Waals surface area contributed by atoms with Gasteiger partial charge in [0.1, 0.15) is 17.1 Å². The number of aliphatic hydroxyl groups is 3. The van der Waals surface area contributed by atoms with Gasteiger partial charge >= 0.3 is 6.03 Å². The standard InChI is InChI=1S/C30H32N6O10/c1-34(2)18-11-17(33-29(43)32-13-5-7-14(8-6-13)36(45)46)23(37)20-15(18)9-12-10-16-22(35(3)4)25(39)21(28(31)42)27(41)30(16,44)26(40)19(12)24(20)38/h5-8,11-12,16,22,37,39-40,44H,9-10H2,1-4H3,(H2,31,42)(H2,32,33,43)/t12-,16-,22-,30-/m0/s1. The number of fused-ring (bicyclic) bond motifs is 3. The Hall–Kier alpha value is -5.48. The van der Waals surface area contributed by atoms with Crippen LogP contribution in [0.3, 0.4) is 0 Å². The fraction of sp³-hybridized carbons (Fsp3) is 0.333. The van der Waals surface area contributed by atoms with Crippen molar-refractivity contribution in [3.8, 4) is 5.75 Å². The minimum atomic E-state index is -2.79. The van der Waals surface area contributed by atoms with Gasteiger partial charge in [0.05, 0.1) is 22.2 Å². The number of nitro groups is 1. The molecule has 0 bridgehead atoms. The van der Waals surface area contributed by atoms with E-state index in [4.69, 9.17) is 5.73 Å². The summed E-state index contributed by atoms with van der Waals surface area (Å²) in [4.78, 5) is 66.1.